The zero-order valence-corrected chi connectivity index (χ0v) is 15.6. The highest BCUT2D eigenvalue weighted by molar-refractivity contribution is 6.03. The molecule has 0 fully saturated rings. The van der Waals surface area contributed by atoms with Crippen LogP contribution in [0, 0.1) is 18.6 Å². The van der Waals surface area contributed by atoms with Crippen molar-refractivity contribution in [2.24, 2.45) is 6.98 Å². The molecule has 0 aliphatic carbocycles. The molecule has 0 spiro atoms. The van der Waals surface area contributed by atoms with Crippen LogP contribution < -0.4 is 5.56 Å². The zero-order chi connectivity index (χ0) is 23.2. The van der Waals surface area contributed by atoms with Crippen molar-refractivity contribution in [3.05, 3.63) is 75.7 Å². The minimum absolute atomic E-state index is 0.0530. The Hall–Kier alpha value is -3.35. The summed E-state index contributed by atoms with van der Waals surface area (Å²) in [6.45, 7) is -0.953. The molecule has 2 aromatic carbocycles. The second kappa shape index (κ2) is 7.24. The lowest BCUT2D eigenvalue weighted by molar-refractivity contribution is -0.118. The minimum atomic E-state index is -2.63. The Bertz CT molecular complexity index is 1420. The SMILES string of the molecule is [2H]C([2H])([2H])n1ncc2c(=O)n(CCC(=O)Cc3ccc(C)cc3F)c3cc(F)ccc3c21. The topological polar surface area (TPSA) is 56.9 Å². The molecule has 2 heterocycles. The third-order valence-electron chi connectivity index (χ3n) is 4.96. The van der Waals surface area contributed by atoms with Crippen molar-refractivity contribution in [2.45, 2.75) is 26.3 Å². The standard InChI is InChI=1S/C22H19F2N3O2/c1-13-3-4-14(19(24)9-13)10-16(28)7-8-27-20-11-15(23)5-6-17(20)21-18(22(27)29)12-25-26(21)2/h3-6,9,11-12H,7-8,10H2,1-2H3/i2D3. The van der Waals surface area contributed by atoms with E-state index in [0.717, 1.165) is 22.5 Å². The van der Waals surface area contributed by atoms with Crippen molar-refractivity contribution in [1.29, 1.82) is 0 Å². The van der Waals surface area contributed by atoms with Gasteiger partial charge >= 0.3 is 0 Å². The maximum atomic E-state index is 14.1. The molecular weight excluding hydrogens is 376 g/mol. The van der Waals surface area contributed by atoms with Crippen molar-refractivity contribution >= 4 is 27.6 Å². The molecule has 5 nitrogen and oxygen atoms in total. The summed E-state index contributed by atoms with van der Waals surface area (Å²) in [4.78, 5) is 25.6. The molecule has 0 atom stereocenters. The highest BCUT2D eigenvalue weighted by Gasteiger charge is 2.16. The quantitative estimate of drug-likeness (QED) is 0.515. The van der Waals surface area contributed by atoms with Gasteiger partial charge in [0.15, 0.2) is 0 Å². The number of pyridine rings is 1. The van der Waals surface area contributed by atoms with E-state index in [1.165, 1.54) is 22.8 Å². The monoisotopic (exact) mass is 398 g/mol. The Balaban J connectivity index is 1.74. The average molecular weight is 398 g/mol. The van der Waals surface area contributed by atoms with Crippen LogP contribution >= 0.6 is 0 Å². The molecule has 29 heavy (non-hydrogen) atoms. The largest absolute Gasteiger partial charge is 0.307 e. The van der Waals surface area contributed by atoms with Crippen LogP contribution in [0.3, 0.4) is 0 Å². The van der Waals surface area contributed by atoms with E-state index in [0.29, 0.717) is 5.39 Å². The third-order valence-corrected chi connectivity index (χ3v) is 4.96. The van der Waals surface area contributed by atoms with Crippen LogP contribution in [-0.4, -0.2) is 20.1 Å². The molecule has 0 amide bonds. The zero-order valence-electron chi connectivity index (χ0n) is 18.6. The molecule has 4 aromatic rings. The molecule has 0 radical (unpaired) electrons. The van der Waals surface area contributed by atoms with Crippen molar-refractivity contribution < 1.29 is 17.7 Å². The maximum absolute atomic E-state index is 14.1. The smallest absolute Gasteiger partial charge is 0.262 e. The van der Waals surface area contributed by atoms with Crippen molar-refractivity contribution in [1.82, 2.24) is 14.3 Å². The molecule has 0 aliphatic heterocycles. The Morgan fingerprint density at radius 2 is 2.00 bits per heavy atom. The fourth-order valence-corrected chi connectivity index (χ4v) is 3.50. The van der Waals surface area contributed by atoms with Crippen LogP contribution in [0.4, 0.5) is 8.78 Å². The Kier molecular flexibility index (Phi) is 3.88. The fraction of sp³-hybridized carbons (Fsp3) is 0.227. The van der Waals surface area contributed by atoms with E-state index in [-0.39, 0.29) is 47.2 Å². The number of halogens is 2. The van der Waals surface area contributed by atoms with Crippen molar-refractivity contribution in [3.8, 4) is 0 Å². The first kappa shape index (κ1) is 15.6. The number of rotatable bonds is 5. The van der Waals surface area contributed by atoms with Crippen molar-refractivity contribution in [3.63, 3.8) is 0 Å². The van der Waals surface area contributed by atoms with Crippen LogP contribution in [0.2, 0.25) is 0 Å². The first-order chi connectivity index (χ1) is 15.1. The predicted molar refractivity (Wildman–Crippen MR) is 107 cm³/mol. The van der Waals surface area contributed by atoms with Gasteiger partial charge in [0.25, 0.3) is 5.56 Å². The molecule has 0 saturated heterocycles. The van der Waals surface area contributed by atoms with Crippen LogP contribution in [0.5, 0.6) is 0 Å². The highest BCUT2D eigenvalue weighted by Crippen LogP contribution is 2.23. The first-order valence-corrected chi connectivity index (χ1v) is 9.03. The molecule has 0 saturated carbocycles. The number of benzene rings is 2. The number of carbonyl (C=O) groups is 1. The van der Waals surface area contributed by atoms with Gasteiger partial charge < -0.3 is 4.57 Å². The molecule has 0 aliphatic rings. The van der Waals surface area contributed by atoms with Gasteiger partial charge in [0.1, 0.15) is 17.4 Å². The number of aryl methyl sites for hydroxylation is 3. The Morgan fingerprint density at radius 1 is 1.17 bits per heavy atom. The molecule has 0 N–H and O–H groups in total. The van der Waals surface area contributed by atoms with Gasteiger partial charge in [-0.3, -0.25) is 14.3 Å². The number of aromatic nitrogens is 3. The summed E-state index contributed by atoms with van der Waals surface area (Å²) in [5, 5.41) is 4.23. The number of nitrogens with zero attached hydrogens (tertiary/aromatic N) is 3. The Labute approximate surface area is 169 Å². The summed E-state index contributed by atoms with van der Waals surface area (Å²) in [6.07, 6.45) is 0.941. The number of fused-ring (bicyclic) bond motifs is 3. The number of carbonyl (C=O) groups excluding carboxylic acids is 1. The van der Waals surface area contributed by atoms with E-state index in [2.05, 4.69) is 5.10 Å². The summed E-state index contributed by atoms with van der Waals surface area (Å²) in [7, 11) is 0. The van der Waals surface area contributed by atoms with Crippen molar-refractivity contribution in [2.75, 3.05) is 0 Å². The van der Waals surface area contributed by atoms with Gasteiger partial charge in [-0.15, -0.1) is 0 Å². The summed E-state index contributed by atoms with van der Waals surface area (Å²) in [6, 6.07) is 8.28. The molecule has 0 unspecified atom stereocenters. The second-order valence-electron chi connectivity index (χ2n) is 7.00. The fourth-order valence-electron chi connectivity index (χ4n) is 3.50. The van der Waals surface area contributed by atoms with Gasteiger partial charge in [0, 0.05) is 35.9 Å². The van der Waals surface area contributed by atoms with Gasteiger partial charge in [-0.05, 0) is 42.3 Å². The highest BCUT2D eigenvalue weighted by atomic mass is 19.1. The summed E-state index contributed by atoms with van der Waals surface area (Å²) < 4.78 is 53.1. The summed E-state index contributed by atoms with van der Waals surface area (Å²) in [5.41, 5.74) is 0.656. The molecule has 0 bridgehead atoms. The normalized spacial score (nSPS) is 13.4. The first-order valence-electron chi connectivity index (χ1n) is 10.5. The van der Waals surface area contributed by atoms with E-state index >= 15 is 0 Å². The molecule has 2 aromatic heterocycles. The molecule has 7 heteroatoms. The van der Waals surface area contributed by atoms with Gasteiger partial charge in [0.05, 0.1) is 22.6 Å². The van der Waals surface area contributed by atoms with E-state index < -0.39 is 24.2 Å². The lowest BCUT2D eigenvalue weighted by atomic mass is 10.0. The second-order valence-corrected chi connectivity index (χ2v) is 7.00. The summed E-state index contributed by atoms with van der Waals surface area (Å²) in [5.74, 6) is -1.37. The molecule has 4 rings (SSSR count). The molecule has 148 valence electrons. The number of ketones is 1. The van der Waals surface area contributed by atoms with E-state index in [1.807, 2.05) is 0 Å². The Morgan fingerprint density at radius 3 is 2.76 bits per heavy atom. The summed E-state index contributed by atoms with van der Waals surface area (Å²) >= 11 is 0. The van der Waals surface area contributed by atoms with Gasteiger partial charge in [-0.2, -0.15) is 5.10 Å². The van der Waals surface area contributed by atoms with E-state index in [1.54, 1.807) is 19.1 Å². The minimum Gasteiger partial charge on any atom is -0.307 e. The number of Topliss-reactive ketones (excluding diaryl/α,β-unsaturated/α-hetero) is 1. The van der Waals surface area contributed by atoms with Crippen LogP contribution in [-0.2, 0) is 24.7 Å². The maximum Gasteiger partial charge on any atom is 0.262 e. The average Bonchev–Trinajstić information content (AvgIpc) is 3.16. The van der Waals surface area contributed by atoms with Crippen LogP contribution in [0.1, 0.15) is 21.7 Å². The van der Waals surface area contributed by atoms with Crippen LogP contribution in [0.25, 0.3) is 21.8 Å². The van der Waals surface area contributed by atoms with E-state index in [9.17, 15) is 18.4 Å². The lowest BCUT2D eigenvalue weighted by Gasteiger charge is -2.12. The predicted octanol–water partition coefficient (Wildman–Crippen LogP) is 3.68. The van der Waals surface area contributed by atoms with Gasteiger partial charge in [-0.1, -0.05) is 12.1 Å². The number of hydrogen-bond donors (Lipinski definition) is 0. The molecular formula is C22H19F2N3O2. The third kappa shape index (κ3) is 3.44. The lowest BCUT2D eigenvalue weighted by Crippen LogP contribution is -2.23. The van der Waals surface area contributed by atoms with Gasteiger partial charge in [0.2, 0.25) is 0 Å². The van der Waals surface area contributed by atoms with Crippen LogP contribution in [0.15, 0.2) is 47.4 Å². The van der Waals surface area contributed by atoms with E-state index in [4.69, 9.17) is 4.11 Å². The van der Waals surface area contributed by atoms with Gasteiger partial charge in [-0.25, -0.2) is 8.78 Å². The number of hydrogen-bond acceptors (Lipinski definition) is 3.